The van der Waals surface area contributed by atoms with E-state index in [0.29, 0.717) is 11.5 Å². The van der Waals surface area contributed by atoms with Gasteiger partial charge in [-0.1, -0.05) is 0 Å². The summed E-state index contributed by atoms with van der Waals surface area (Å²) >= 11 is 0. The molecule has 0 fully saturated rings. The van der Waals surface area contributed by atoms with Gasteiger partial charge in [-0.15, -0.1) is 0 Å². The predicted molar refractivity (Wildman–Crippen MR) is 70.8 cm³/mol. The van der Waals surface area contributed by atoms with Crippen LogP contribution in [0.5, 0.6) is 0 Å². The number of imide groups is 1. The lowest BCUT2D eigenvalue weighted by molar-refractivity contribution is -0.137. The van der Waals surface area contributed by atoms with E-state index in [1.54, 1.807) is 13.8 Å². The van der Waals surface area contributed by atoms with Crippen LogP contribution in [0.25, 0.3) is 0 Å². The van der Waals surface area contributed by atoms with Crippen LogP contribution in [-0.2, 0) is 6.18 Å². The zero-order valence-electron chi connectivity index (χ0n) is 11.6. The van der Waals surface area contributed by atoms with Crippen molar-refractivity contribution in [3.05, 3.63) is 52.5 Å². The summed E-state index contributed by atoms with van der Waals surface area (Å²) in [4.78, 5) is 25.6. The Morgan fingerprint density at radius 2 is 1.36 bits per heavy atom. The summed E-state index contributed by atoms with van der Waals surface area (Å²) in [5.74, 6) is -0.538. The summed E-state index contributed by atoms with van der Waals surface area (Å²) in [7, 11) is 0. The van der Waals surface area contributed by atoms with Crippen LogP contribution in [0.1, 0.15) is 37.8 Å². The largest absolute Gasteiger partial charge is 0.465 e. The first-order valence-corrected chi connectivity index (χ1v) is 6.38. The molecule has 7 heteroatoms. The maximum Gasteiger partial charge on any atom is 0.416 e. The van der Waals surface area contributed by atoms with Gasteiger partial charge in [-0.3, -0.25) is 9.59 Å². The lowest BCUT2D eigenvalue weighted by atomic mass is 10.1. The van der Waals surface area contributed by atoms with Gasteiger partial charge in [-0.05, 0) is 38.1 Å². The first kappa shape index (κ1) is 14.4. The molecule has 0 atom stereocenters. The standard InChI is InChI=1S/C15H10F3NO3/c1-7-11-12(8(2)22-7)14(21)19(13(11)20)10-5-3-9(4-6-10)15(16,17)18/h3-6H,1-2H3. The van der Waals surface area contributed by atoms with Crippen molar-refractivity contribution in [2.45, 2.75) is 20.0 Å². The predicted octanol–water partition coefficient (Wildman–Crippen LogP) is 3.72. The second-order valence-electron chi connectivity index (χ2n) is 4.95. The van der Waals surface area contributed by atoms with Gasteiger partial charge in [0.15, 0.2) is 0 Å². The van der Waals surface area contributed by atoms with Gasteiger partial charge < -0.3 is 4.42 Å². The van der Waals surface area contributed by atoms with Crippen molar-refractivity contribution in [3.63, 3.8) is 0 Å². The summed E-state index contributed by atoms with van der Waals surface area (Å²) in [6.07, 6.45) is -4.47. The molecular weight excluding hydrogens is 299 g/mol. The number of benzene rings is 1. The molecule has 0 radical (unpaired) electrons. The van der Waals surface area contributed by atoms with Gasteiger partial charge in [-0.25, -0.2) is 4.90 Å². The number of rotatable bonds is 1. The summed E-state index contributed by atoms with van der Waals surface area (Å²) in [5, 5.41) is 0. The fourth-order valence-electron chi connectivity index (χ4n) is 2.55. The Balaban J connectivity index is 2.03. The van der Waals surface area contributed by atoms with Crippen LogP contribution in [0, 0.1) is 13.8 Å². The minimum absolute atomic E-state index is 0.0954. The van der Waals surface area contributed by atoms with Gasteiger partial charge in [-0.2, -0.15) is 13.2 Å². The van der Waals surface area contributed by atoms with Crippen molar-refractivity contribution in [2.24, 2.45) is 0 Å². The van der Waals surface area contributed by atoms with Gasteiger partial charge in [0.2, 0.25) is 0 Å². The number of fused-ring (bicyclic) bond motifs is 1. The average Bonchev–Trinajstić information content (AvgIpc) is 2.86. The minimum Gasteiger partial charge on any atom is -0.465 e. The van der Waals surface area contributed by atoms with E-state index < -0.39 is 23.6 Å². The number of furan rings is 1. The zero-order valence-corrected chi connectivity index (χ0v) is 11.6. The molecule has 1 aromatic carbocycles. The molecule has 1 aliphatic rings. The molecule has 0 aliphatic carbocycles. The maximum absolute atomic E-state index is 12.6. The topological polar surface area (TPSA) is 50.5 Å². The maximum atomic E-state index is 12.6. The van der Waals surface area contributed by atoms with Crippen molar-refractivity contribution >= 4 is 17.5 Å². The fourth-order valence-corrected chi connectivity index (χ4v) is 2.55. The number of hydrogen-bond acceptors (Lipinski definition) is 3. The molecule has 0 spiro atoms. The number of aryl methyl sites for hydroxylation is 2. The summed E-state index contributed by atoms with van der Waals surface area (Å²) in [6.45, 7) is 3.13. The number of carbonyl (C=O) groups excluding carboxylic acids is 2. The molecule has 0 saturated heterocycles. The van der Waals surface area contributed by atoms with Crippen LogP contribution in [-0.4, -0.2) is 11.8 Å². The first-order valence-electron chi connectivity index (χ1n) is 6.38. The van der Waals surface area contributed by atoms with Gasteiger partial charge in [0, 0.05) is 0 Å². The first-order chi connectivity index (χ1) is 10.2. The molecule has 0 unspecified atom stereocenters. The van der Waals surface area contributed by atoms with Crippen LogP contribution >= 0.6 is 0 Å². The number of alkyl halides is 3. The number of halogens is 3. The van der Waals surface area contributed by atoms with Crippen LogP contribution in [0.15, 0.2) is 28.7 Å². The molecule has 2 amide bonds. The van der Waals surface area contributed by atoms with Gasteiger partial charge >= 0.3 is 6.18 Å². The summed E-state index contributed by atoms with van der Waals surface area (Å²) < 4.78 is 42.9. The van der Waals surface area contributed by atoms with E-state index in [4.69, 9.17) is 4.42 Å². The highest BCUT2D eigenvalue weighted by atomic mass is 19.4. The second-order valence-corrected chi connectivity index (χ2v) is 4.95. The van der Waals surface area contributed by atoms with E-state index in [2.05, 4.69) is 0 Å². The van der Waals surface area contributed by atoms with Gasteiger partial charge in [0.05, 0.1) is 22.4 Å². The third-order valence-electron chi connectivity index (χ3n) is 3.55. The van der Waals surface area contributed by atoms with Gasteiger partial charge in [0.1, 0.15) is 11.5 Å². The smallest absolute Gasteiger partial charge is 0.416 e. The van der Waals surface area contributed by atoms with Crippen molar-refractivity contribution in [1.29, 1.82) is 0 Å². The highest BCUT2D eigenvalue weighted by Crippen LogP contribution is 2.35. The quantitative estimate of drug-likeness (QED) is 0.754. The number of carbonyl (C=O) groups is 2. The van der Waals surface area contributed by atoms with Crippen molar-refractivity contribution in [3.8, 4) is 0 Å². The molecule has 2 heterocycles. The molecule has 22 heavy (non-hydrogen) atoms. The van der Waals surface area contributed by atoms with Crippen LogP contribution < -0.4 is 4.90 Å². The molecule has 114 valence electrons. The molecule has 1 aliphatic heterocycles. The Hall–Kier alpha value is -2.57. The van der Waals surface area contributed by atoms with E-state index in [9.17, 15) is 22.8 Å². The Kier molecular flexibility index (Phi) is 2.91. The highest BCUT2D eigenvalue weighted by molar-refractivity contribution is 6.35. The van der Waals surface area contributed by atoms with Crippen molar-refractivity contribution in [1.82, 2.24) is 0 Å². The Labute approximate surface area is 123 Å². The number of anilines is 1. The Morgan fingerprint density at radius 3 is 1.77 bits per heavy atom. The van der Waals surface area contributed by atoms with Crippen LogP contribution in [0.3, 0.4) is 0 Å². The summed E-state index contributed by atoms with van der Waals surface area (Å²) in [6, 6.07) is 3.88. The molecule has 0 N–H and O–H groups in total. The van der Waals surface area contributed by atoms with Crippen molar-refractivity contribution < 1.29 is 27.2 Å². The molecule has 0 saturated carbocycles. The molecule has 1 aromatic heterocycles. The lowest BCUT2D eigenvalue weighted by Gasteiger charge is -2.15. The molecule has 4 nitrogen and oxygen atoms in total. The SMILES string of the molecule is Cc1oc(C)c2c1C(=O)N(c1ccc(C(F)(F)F)cc1)C2=O. The Bertz CT molecular complexity index is 751. The summed E-state index contributed by atoms with van der Waals surface area (Å²) in [5.41, 5.74) is -0.410. The molecule has 2 aromatic rings. The number of hydrogen-bond donors (Lipinski definition) is 0. The molecule has 3 rings (SSSR count). The monoisotopic (exact) mass is 309 g/mol. The zero-order chi connectivity index (χ0) is 16.2. The normalized spacial score (nSPS) is 14.7. The second kappa shape index (κ2) is 4.46. The fraction of sp³-hybridized carbons (Fsp3) is 0.200. The molecule has 0 bridgehead atoms. The Morgan fingerprint density at radius 1 is 0.909 bits per heavy atom. The van der Waals surface area contributed by atoms with E-state index in [-0.39, 0.29) is 16.8 Å². The van der Waals surface area contributed by atoms with E-state index >= 15 is 0 Å². The highest BCUT2D eigenvalue weighted by Gasteiger charge is 2.42. The van der Waals surface area contributed by atoms with Crippen molar-refractivity contribution in [2.75, 3.05) is 4.90 Å². The minimum atomic E-state index is -4.47. The van der Waals surface area contributed by atoms with Crippen LogP contribution in [0.2, 0.25) is 0 Å². The number of nitrogens with zero attached hydrogens (tertiary/aromatic N) is 1. The molecular formula is C15H10F3NO3. The number of amides is 2. The third kappa shape index (κ3) is 1.93. The average molecular weight is 309 g/mol. The van der Waals surface area contributed by atoms with Gasteiger partial charge in [0.25, 0.3) is 11.8 Å². The van der Waals surface area contributed by atoms with Crippen LogP contribution in [0.4, 0.5) is 18.9 Å². The van der Waals surface area contributed by atoms with E-state index in [1.165, 1.54) is 0 Å². The third-order valence-corrected chi connectivity index (χ3v) is 3.55. The lowest BCUT2D eigenvalue weighted by Crippen LogP contribution is -2.30. The van der Waals surface area contributed by atoms with E-state index in [0.717, 1.165) is 29.2 Å². The van der Waals surface area contributed by atoms with E-state index in [1.807, 2.05) is 0 Å².